The van der Waals surface area contributed by atoms with E-state index in [4.69, 9.17) is 0 Å². The van der Waals surface area contributed by atoms with Crippen molar-refractivity contribution in [1.29, 1.82) is 0 Å². The molecule has 0 saturated carbocycles. The van der Waals surface area contributed by atoms with Crippen LogP contribution in [0.1, 0.15) is 25.0 Å². The summed E-state index contributed by atoms with van der Waals surface area (Å²) in [5.41, 5.74) is 1.91. The fraction of sp³-hybridized carbons (Fsp3) is 0.273. The van der Waals surface area contributed by atoms with Gasteiger partial charge in [-0.2, -0.15) is 0 Å². The molecule has 0 heterocycles. The fourth-order valence-electron chi connectivity index (χ4n) is 0.831. The molecular formula is C11H15F. The molecule has 0 spiro atoms. The Bertz CT molecular complexity index is 251. The molecule has 12 heavy (non-hydrogen) atoms. The van der Waals surface area contributed by atoms with E-state index < -0.39 is 0 Å². The zero-order chi connectivity index (χ0) is 9.56. The van der Waals surface area contributed by atoms with Gasteiger partial charge in [0.25, 0.3) is 0 Å². The molecule has 0 fully saturated rings. The summed E-state index contributed by atoms with van der Waals surface area (Å²) < 4.78 is 12.5. The number of hydrogen-bond acceptors (Lipinski definition) is 0. The Morgan fingerprint density at radius 2 is 1.92 bits per heavy atom. The van der Waals surface area contributed by atoms with E-state index >= 15 is 0 Å². The smallest absolute Gasteiger partial charge is 0.123 e. The van der Waals surface area contributed by atoms with Gasteiger partial charge in [0.2, 0.25) is 0 Å². The quantitative estimate of drug-likeness (QED) is 0.595. The molecule has 1 aromatic rings. The van der Waals surface area contributed by atoms with Gasteiger partial charge in [-0.3, -0.25) is 0 Å². The molecule has 1 aromatic carbocycles. The largest absolute Gasteiger partial charge is 0.207 e. The van der Waals surface area contributed by atoms with E-state index in [9.17, 15) is 4.39 Å². The molecule has 66 valence electrons. The molecule has 0 aromatic heterocycles. The molecule has 1 rings (SSSR count). The third-order valence-electron chi connectivity index (χ3n) is 1.46. The molecule has 0 unspecified atom stereocenters. The van der Waals surface area contributed by atoms with Crippen LogP contribution in [0, 0.1) is 12.7 Å². The summed E-state index contributed by atoms with van der Waals surface area (Å²) in [7, 11) is 0. The highest BCUT2D eigenvalue weighted by atomic mass is 19.1. The Balaban J connectivity index is 0.000000561. The highest BCUT2D eigenvalue weighted by Gasteiger charge is 1.93. The Kier molecular flexibility index (Phi) is 5.02. The Labute approximate surface area is 73.7 Å². The second-order valence-electron chi connectivity index (χ2n) is 2.21. The van der Waals surface area contributed by atoms with Crippen LogP contribution in [0.15, 0.2) is 24.8 Å². The van der Waals surface area contributed by atoms with Crippen LogP contribution in [0.3, 0.4) is 0 Å². The van der Waals surface area contributed by atoms with Gasteiger partial charge < -0.3 is 0 Å². The fourth-order valence-corrected chi connectivity index (χ4v) is 0.831. The molecule has 0 nitrogen and oxygen atoms in total. The van der Waals surface area contributed by atoms with E-state index in [1.807, 2.05) is 20.8 Å². The predicted octanol–water partition coefficient (Wildman–Crippen LogP) is 3.80. The number of aryl methyl sites for hydroxylation is 1. The van der Waals surface area contributed by atoms with Crippen molar-refractivity contribution in [2.75, 3.05) is 0 Å². The van der Waals surface area contributed by atoms with Crippen molar-refractivity contribution < 1.29 is 4.39 Å². The molecule has 0 radical (unpaired) electrons. The van der Waals surface area contributed by atoms with Gasteiger partial charge in [-0.05, 0) is 30.2 Å². The van der Waals surface area contributed by atoms with Crippen molar-refractivity contribution in [2.45, 2.75) is 20.8 Å². The second kappa shape index (κ2) is 5.53. The number of benzene rings is 1. The van der Waals surface area contributed by atoms with Crippen molar-refractivity contribution in [3.8, 4) is 0 Å². The average molecular weight is 166 g/mol. The maximum absolute atomic E-state index is 12.5. The van der Waals surface area contributed by atoms with Crippen LogP contribution in [0.5, 0.6) is 0 Å². The van der Waals surface area contributed by atoms with Crippen LogP contribution >= 0.6 is 0 Å². The topological polar surface area (TPSA) is 0 Å². The number of hydrogen-bond donors (Lipinski definition) is 0. The first-order valence-electron chi connectivity index (χ1n) is 4.12. The van der Waals surface area contributed by atoms with E-state index in [1.54, 1.807) is 12.1 Å². The van der Waals surface area contributed by atoms with Gasteiger partial charge in [0.15, 0.2) is 0 Å². The highest BCUT2D eigenvalue weighted by Crippen LogP contribution is 2.10. The maximum atomic E-state index is 12.5. The van der Waals surface area contributed by atoms with E-state index in [-0.39, 0.29) is 5.82 Å². The van der Waals surface area contributed by atoms with Crippen LogP contribution in [0.25, 0.3) is 6.08 Å². The van der Waals surface area contributed by atoms with Crippen LogP contribution in [-0.2, 0) is 0 Å². The van der Waals surface area contributed by atoms with Crippen molar-refractivity contribution in [2.24, 2.45) is 0 Å². The first-order chi connectivity index (χ1) is 5.74. The molecule has 0 saturated heterocycles. The van der Waals surface area contributed by atoms with Crippen LogP contribution in [0.2, 0.25) is 0 Å². The monoisotopic (exact) mass is 166 g/mol. The van der Waals surface area contributed by atoms with Crippen molar-refractivity contribution in [3.63, 3.8) is 0 Å². The summed E-state index contributed by atoms with van der Waals surface area (Å²) in [6.45, 7) is 9.49. The third kappa shape index (κ3) is 2.87. The van der Waals surface area contributed by atoms with E-state index in [2.05, 4.69) is 6.58 Å². The summed E-state index contributed by atoms with van der Waals surface area (Å²) in [6, 6.07) is 4.66. The van der Waals surface area contributed by atoms with E-state index in [1.165, 1.54) is 12.1 Å². The number of halogens is 1. The second-order valence-corrected chi connectivity index (χ2v) is 2.21. The minimum Gasteiger partial charge on any atom is -0.207 e. The minimum atomic E-state index is -0.208. The molecule has 0 aliphatic rings. The van der Waals surface area contributed by atoms with Crippen molar-refractivity contribution >= 4 is 6.08 Å². The van der Waals surface area contributed by atoms with Crippen LogP contribution < -0.4 is 0 Å². The van der Waals surface area contributed by atoms with E-state index in [0.717, 1.165) is 11.1 Å². The van der Waals surface area contributed by atoms with Gasteiger partial charge in [-0.1, -0.05) is 32.6 Å². The van der Waals surface area contributed by atoms with Crippen LogP contribution in [0.4, 0.5) is 4.39 Å². The summed E-state index contributed by atoms with van der Waals surface area (Å²) in [5.74, 6) is -0.208. The molecule has 0 bridgehead atoms. The van der Waals surface area contributed by atoms with Gasteiger partial charge in [0.1, 0.15) is 5.82 Å². The Hall–Kier alpha value is -1.11. The summed E-state index contributed by atoms with van der Waals surface area (Å²) in [6.07, 6.45) is 1.65. The lowest BCUT2D eigenvalue weighted by molar-refractivity contribution is 0.627. The summed E-state index contributed by atoms with van der Waals surface area (Å²) in [5, 5.41) is 0. The first kappa shape index (κ1) is 10.9. The van der Waals surface area contributed by atoms with E-state index in [0.29, 0.717) is 0 Å². The molecule has 0 aliphatic carbocycles. The van der Waals surface area contributed by atoms with Gasteiger partial charge >= 0.3 is 0 Å². The lowest BCUT2D eigenvalue weighted by Crippen LogP contribution is -1.81. The summed E-state index contributed by atoms with van der Waals surface area (Å²) >= 11 is 0. The molecular weight excluding hydrogens is 151 g/mol. The van der Waals surface area contributed by atoms with Gasteiger partial charge in [0.05, 0.1) is 0 Å². The van der Waals surface area contributed by atoms with Gasteiger partial charge in [-0.15, -0.1) is 0 Å². The summed E-state index contributed by atoms with van der Waals surface area (Å²) in [4.78, 5) is 0. The maximum Gasteiger partial charge on any atom is 0.123 e. The predicted molar refractivity (Wildman–Crippen MR) is 52.6 cm³/mol. The van der Waals surface area contributed by atoms with Crippen molar-refractivity contribution in [1.82, 2.24) is 0 Å². The molecule has 0 atom stereocenters. The third-order valence-corrected chi connectivity index (χ3v) is 1.46. The molecule has 0 aliphatic heterocycles. The van der Waals surface area contributed by atoms with Gasteiger partial charge in [-0.25, -0.2) is 4.39 Å². The highest BCUT2D eigenvalue weighted by molar-refractivity contribution is 5.51. The minimum absolute atomic E-state index is 0.208. The normalized spacial score (nSPS) is 8.33. The zero-order valence-corrected chi connectivity index (χ0v) is 7.89. The number of rotatable bonds is 1. The Morgan fingerprint density at radius 3 is 2.33 bits per heavy atom. The zero-order valence-electron chi connectivity index (χ0n) is 7.89. The standard InChI is InChI=1S/C9H9F.C2H6/c1-3-8-6-9(10)5-4-7(8)2;1-2/h3-6H,1H2,2H3;1-2H3. The SMILES string of the molecule is C=Cc1cc(F)ccc1C.CC. The van der Waals surface area contributed by atoms with Crippen LogP contribution in [-0.4, -0.2) is 0 Å². The molecule has 1 heteroatoms. The Morgan fingerprint density at radius 1 is 1.33 bits per heavy atom. The van der Waals surface area contributed by atoms with Gasteiger partial charge in [0, 0.05) is 0 Å². The van der Waals surface area contributed by atoms with Crippen molar-refractivity contribution in [3.05, 3.63) is 41.7 Å². The lowest BCUT2D eigenvalue weighted by atomic mass is 10.1. The molecule has 0 amide bonds. The first-order valence-corrected chi connectivity index (χ1v) is 4.12. The average Bonchev–Trinajstić information content (AvgIpc) is 2.13. The molecule has 0 N–H and O–H groups in total. The lowest BCUT2D eigenvalue weighted by Gasteiger charge is -1.97.